The second kappa shape index (κ2) is 1.95. The van der Waals surface area contributed by atoms with Gasteiger partial charge in [-0.1, -0.05) is 6.07 Å². The van der Waals surface area contributed by atoms with Gasteiger partial charge in [0.1, 0.15) is 0 Å². The molecule has 0 bridgehead atoms. The average molecular weight is 124 g/mol. The average Bonchev–Trinajstić information content (AvgIpc) is 1.83. The predicted octanol–water partition coefficient (Wildman–Crippen LogP) is -0.276. The third-order valence-corrected chi connectivity index (χ3v) is 1.25. The van der Waals surface area contributed by atoms with Gasteiger partial charge in [0.15, 0.2) is 5.69 Å². The quantitative estimate of drug-likeness (QED) is 0.416. The first kappa shape index (κ1) is 5.91. The zero-order chi connectivity index (χ0) is 6.85. The molecular weight excluding hydrogens is 114 g/mol. The number of nitrogen functional groups attached to an aromatic ring is 2. The lowest BCUT2D eigenvalue weighted by atomic mass is 10.2. The van der Waals surface area contributed by atoms with Crippen molar-refractivity contribution in [1.82, 2.24) is 0 Å². The van der Waals surface area contributed by atoms with E-state index in [1.807, 2.05) is 0 Å². The first-order valence-electron chi connectivity index (χ1n) is 2.67. The van der Waals surface area contributed by atoms with Crippen LogP contribution in [-0.2, 0) is 0 Å². The second-order valence-electron chi connectivity index (χ2n) is 1.92. The Morgan fingerprint density at radius 2 is 1.56 bits per heavy atom. The number of quaternary nitrogens is 1. The summed E-state index contributed by atoms with van der Waals surface area (Å²) in [6.07, 6.45) is 0. The Morgan fingerprint density at radius 1 is 1.11 bits per heavy atom. The molecule has 0 amide bonds. The Morgan fingerprint density at radius 3 is 1.89 bits per heavy atom. The number of anilines is 2. The van der Waals surface area contributed by atoms with Crippen molar-refractivity contribution >= 4 is 17.1 Å². The van der Waals surface area contributed by atoms with Crippen molar-refractivity contribution in [2.24, 2.45) is 0 Å². The summed E-state index contributed by atoms with van der Waals surface area (Å²) in [7, 11) is 0. The van der Waals surface area contributed by atoms with Gasteiger partial charge in [0, 0.05) is 0 Å². The molecule has 0 heterocycles. The minimum Gasteiger partial charge on any atom is -0.394 e. The van der Waals surface area contributed by atoms with Gasteiger partial charge in [-0.2, -0.15) is 0 Å². The van der Waals surface area contributed by atoms with Gasteiger partial charge in [0.05, 0.1) is 11.4 Å². The van der Waals surface area contributed by atoms with Crippen LogP contribution < -0.4 is 17.2 Å². The van der Waals surface area contributed by atoms with E-state index in [-0.39, 0.29) is 0 Å². The largest absolute Gasteiger partial charge is 0.394 e. The third kappa shape index (κ3) is 0.948. The molecule has 48 valence electrons. The molecule has 0 spiro atoms. The second-order valence-corrected chi connectivity index (χ2v) is 1.92. The van der Waals surface area contributed by atoms with E-state index < -0.39 is 0 Å². The van der Waals surface area contributed by atoms with Crippen LogP contribution in [0.4, 0.5) is 17.1 Å². The highest BCUT2D eigenvalue weighted by atomic mass is 14.7. The van der Waals surface area contributed by atoms with E-state index in [1.54, 1.807) is 18.2 Å². The summed E-state index contributed by atoms with van der Waals surface area (Å²) in [5.41, 5.74) is 16.6. The minimum atomic E-state index is 0.648. The SMILES string of the molecule is Nc1cccc(N)c1[NH3+]. The zero-order valence-corrected chi connectivity index (χ0v) is 5.09. The normalized spacial score (nSPS) is 9.44. The van der Waals surface area contributed by atoms with Crippen LogP contribution in [0.3, 0.4) is 0 Å². The highest BCUT2D eigenvalue weighted by Crippen LogP contribution is 2.18. The van der Waals surface area contributed by atoms with Gasteiger partial charge >= 0.3 is 0 Å². The molecule has 3 heteroatoms. The van der Waals surface area contributed by atoms with Crippen LogP contribution >= 0.6 is 0 Å². The molecule has 0 aliphatic heterocycles. The molecule has 1 aromatic carbocycles. The van der Waals surface area contributed by atoms with E-state index in [9.17, 15) is 0 Å². The molecule has 0 fully saturated rings. The molecule has 9 heavy (non-hydrogen) atoms. The predicted molar refractivity (Wildman–Crippen MR) is 37.8 cm³/mol. The summed E-state index contributed by atoms with van der Waals surface area (Å²) < 4.78 is 0. The summed E-state index contributed by atoms with van der Waals surface area (Å²) in [6.45, 7) is 0. The van der Waals surface area contributed by atoms with Gasteiger partial charge in [-0.3, -0.25) is 0 Å². The van der Waals surface area contributed by atoms with Crippen LogP contribution in [0, 0.1) is 0 Å². The highest BCUT2D eigenvalue weighted by molar-refractivity contribution is 5.71. The van der Waals surface area contributed by atoms with E-state index in [4.69, 9.17) is 11.5 Å². The lowest BCUT2D eigenvalue weighted by Crippen LogP contribution is -2.41. The molecule has 0 unspecified atom stereocenters. The molecular formula is C6H10N3+. The minimum absolute atomic E-state index is 0.648. The molecule has 1 rings (SSSR count). The molecule has 0 radical (unpaired) electrons. The summed E-state index contributed by atoms with van der Waals surface area (Å²) in [5.74, 6) is 0. The van der Waals surface area contributed by atoms with E-state index >= 15 is 0 Å². The number of nitrogens with two attached hydrogens (primary N) is 2. The first-order valence-corrected chi connectivity index (χ1v) is 2.67. The van der Waals surface area contributed by atoms with Crippen LogP contribution in [0.2, 0.25) is 0 Å². The Kier molecular flexibility index (Phi) is 1.28. The Labute approximate surface area is 53.5 Å². The Hall–Kier alpha value is -1.22. The molecule has 0 aromatic heterocycles. The van der Waals surface area contributed by atoms with E-state index in [1.165, 1.54) is 0 Å². The van der Waals surface area contributed by atoms with E-state index in [2.05, 4.69) is 5.73 Å². The number of benzene rings is 1. The first-order chi connectivity index (χ1) is 4.22. The molecule has 7 N–H and O–H groups in total. The molecule has 0 atom stereocenters. The fraction of sp³-hybridized carbons (Fsp3) is 0. The zero-order valence-electron chi connectivity index (χ0n) is 5.09. The maximum Gasteiger partial charge on any atom is 0.174 e. The maximum atomic E-state index is 5.48. The van der Waals surface area contributed by atoms with Crippen LogP contribution in [-0.4, -0.2) is 0 Å². The number of hydrogen-bond donors (Lipinski definition) is 3. The van der Waals surface area contributed by atoms with Crippen molar-refractivity contribution in [3.63, 3.8) is 0 Å². The van der Waals surface area contributed by atoms with Gasteiger partial charge in [-0.05, 0) is 12.1 Å². The van der Waals surface area contributed by atoms with Crippen LogP contribution in [0.25, 0.3) is 0 Å². The fourth-order valence-corrected chi connectivity index (χ4v) is 0.623. The molecule has 3 nitrogen and oxygen atoms in total. The monoisotopic (exact) mass is 124 g/mol. The smallest absolute Gasteiger partial charge is 0.174 e. The van der Waals surface area contributed by atoms with Crippen molar-refractivity contribution in [3.8, 4) is 0 Å². The van der Waals surface area contributed by atoms with Gasteiger partial charge < -0.3 is 17.2 Å². The van der Waals surface area contributed by atoms with Crippen LogP contribution in [0.5, 0.6) is 0 Å². The van der Waals surface area contributed by atoms with Crippen molar-refractivity contribution in [2.45, 2.75) is 0 Å². The lowest BCUT2D eigenvalue weighted by Gasteiger charge is -1.96. The number of hydrogen-bond acceptors (Lipinski definition) is 2. The highest BCUT2D eigenvalue weighted by Gasteiger charge is 1.98. The lowest BCUT2D eigenvalue weighted by molar-refractivity contribution is -0.252. The van der Waals surface area contributed by atoms with Gasteiger partial charge in [-0.25, -0.2) is 0 Å². The molecule has 0 saturated carbocycles. The van der Waals surface area contributed by atoms with Gasteiger partial charge in [0.2, 0.25) is 0 Å². The van der Waals surface area contributed by atoms with Crippen LogP contribution in [0.1, 0.15) is 0 Å². The van der Waals surface area contributed by atoms with Gasteiger partial charge in [-0.15, -0.1) is 0 Å². The Bertz CT molecular complexity index is 199. The van der Waals surface area contributed by atoms with Crippen molar-refractivity contribution in [1.29, 1.82) is 0 Å². The summed E-state index contributed by atoms with van der Waals surface area (Å²) in [5, 5.41) is 0. The molecule has 0 saturated heterocycles. The van der Waals surface area contributed by atoms with Crippen molar-refractivity contribution < 1.29 is 5.73 Å². The topological polar surface area (TPSA) is 79.7 Å². The van der Waals surface area contributed by atoms with Crippen molar-refractivity contribution in [2.75, 3.05) is 11.5 Å². The summed E-state index contributed by atoms with van der Waals surface area (Å²) >= 11 is 0. The standard InChI is InChI=1S/C6H9N3/c7-4-2-1-3-5(8)6(4)9/h1-3H,7-9H2/p+1. The molecule has 0 aliphatic carbocycles. The molecule has 1 aromatic rings. The fourth-order valence-electron chi connectivity index (χ4n) is 0.623. The Balaban J connectivity index is 3.25. The molecule has 0 aliphatic rings. The van der Waals surface area contributed by atoms with Crippen LogP contribution in [0.15, 0.2) is 18.2 Å². The van der Waals surface area contributed by atoms with Gasteiger partial charge in [0.25, 0.3) is 0 Å². The third-order valence-electron chi connectivity index (χ3n) is 1.25. The summed E-state index contributed by atoms with van der Waals surface area (Å²) in [6, 6.07) is 5.36. The summed E-state index contributed by atoms with van der Waals surface area (Å²) in [4.78, 5) is 0. The van der Waals surface area contributed by atoms with Crippen molar-refractivity contribution in [3.05, 3.63) is 18.2 Å². The number of rotatable bonds is 0. The van der Waals surface area contributed by atoms with E-state index in [0.717, 1.165) is 5.69 Å². The maximum absolute atomic E-state index is 5.48. The van der Waals surface area contributed by atoms with E-state index in [0.29, 0.717) is 11.4 Å².